The van der Waals surface area contributed by atoms with Gasteiger partial charge < -0.3 is 10.5 Å². The smallest absolute Gasteiger partial charge is 0.412 e. The van der Waals surface area contributed by atoms with Crippen molar-refractivity contribution >= 4 is 40.6 Å². The van der Waals surface area contributed by atoms with E-state index in [2.05, 4.69) is 5.32 Å². The Morgan fingerprint density at radius 1 is 1.47 bits per heavy atom. The number of rotatable bonds is 3. The molecule has 0 aliphatic heterocycles. The molecule has 4 nitrogen and oxygen atoms in total. The topological polar surface area (TPSA) is 64.3 Å². The Morgan fingerprint density at radius 3 is 2.58 bits per heavy atom. The lowest BCUT2D eigenvalue weighted by Crippen LogP contribution is -2.27. The number of nitrogens with one attached hydrogen (secondary N) is 1. The van der Waals surface area contributed by atoms with Gasteiger partial charge in [-0.2, -0.15) is 0 Å². The minimum atomic E-state index is -0.542. The van der Waals surface area contributed by atoms with Crippen LogP contribution in [0.3, 0.4) is 0 Å². The van der Waals surface area contributed by atoms with Gasteiger partial charge in [0.15, 0.2) is 0 Å². The van der Waals surface area contributed by atoms with Gasteiger partial charge in [0.25, 0.3) is 0 Å². The van der Waals surface area contributed by atoms with Gasteiger partial charge in [-0.05, 0) is 38.5 Å². The number of ether oxygens (including phenoxy) is 1. The van der Waals surface area contributed by atoms with Crippen LogP contribution in [0.15, 0.2) is 18.2 Å². The molecule has 0 aromatic heterocycles. The summed E-state index contributed by atoms with van der Waals surface area (Å²) in [6.45, 7) is 5.39. The third-order valence-corrected chi connectivity index (χ3v) is 2.56. The second kappa shape index (κ2) is 6.21. The molecule has 19 heavy (non-hydrogen) atoms. The van der Waals surface area contributed by atoms with Gasteiger partial charge in [0, 0.05) is 17.1 Å². The summed E-state index contributed by atoms with van der Waals surface area (Å²) in [5, 5.41) is 3.11. The van der Waals surface area contributed by atoms with Crippen LogP contribution in [0.4, 0.5) is 10.5 Å². The average molecular weight is 301 g/mol. The highest BCUT2D eigenvalue weighted by atomic mass is 35.5. The van der Waals surface area contributed by atoms with Crippen molar-refractivity contribution in [2.45, 2.75) is 32.8 Å². The van der Waals surface area contributed by atoms with E-state index >= 15 is 0 Å². The Kier molecular flexibility index (Phi) is 5.14. The van der Waals surface area contributed by atoms with Crippen molar-refractivity contribution < 1.29 is 9.53 Å². The molecule has 1 aromatic carbocycles. The monoisotopic (exact) mass is 300 g/mol. The van der Waals surface area contributed by atoms with E-state index in [9.17, 15) is 4.79 Å². The zero-order chi connectivity index (χ0) is 14.6. The second-order valence-electron chi connectivity index (χ2n) is 5.08. The largest absolute Gasteiger partial charge is 0.444 e. The minimum Gasteiger partial charge on any atom is -0.444 e. The molecule has 1 rings (SSSR count). The molecule has 0 radical (unpaired) electrons. The van der Waals surface area contributed by atoms with Gasteiger partial charge in [-0.15, -0.1) is 0 Å². The molecule has 3 N–H and O–H groups in total. The Bertz CT molecular complexity index is 498. The van der Waals surface area contributed by atoms with Crippen LogP contribution < -0.4 is 11.1 Å². The third kappa shape index (κ3) is 5.89. The van der Waals surface area contributed by atoms with E-state index < -0.39 is 11.7 Å². The van der Waals surface area contributed by atoms with E-state index in [-0.39, 0.29) is 0 Å². The average Bonchev–Trinajstić information content (AvgIpc) is 2.18. The van der Waals surface area contributed by atoms with Crippen molar-refractivity contribution in [1.82, 2.24) is 0 Å². The maximum Gasteiger partial charge on any atom is 0.412 e. The molecule has 0 bridgehead atoms. The number of benzene rings is 1. The maximum atomic E-state index is 11.6. The van der Waals surface area contributed by atoms with Crippen molar-refractivity contribution in [1.29, 1.82) is 0 Å². The first-order chi connectivity index (χ1) is 8.67. The van der Waals surface area contributed by atoms with Crippen molar-refractivity contribution in [2.75, 3.05) is 5.32 Å². The maximum absolute atomic E-state index is 11.6. The summed E-state index contributed by atoms with van der Waals surface area (Å²) in [4.78, 5) is 12.0. The van der Waals surface area contributed by atoms with Crippen LogP contribution in [0.2, 0.25) is 5.02 Å². The summed E-state index contributed by atoms with van der Waals surface area (Å²) in [5.74, 6) is 0. The van der Waals surface area contributed by atoms with Crippen LogP contribution in [-0.4, -0.2) is 16.7 Å². The van der Waals surface area contributed by atoms with Crippen molar-refractivity contribution in [3.8, 4) is 0 Å². The predicted molar refractivity (Wildman–Crippen MR) is 81.8 cm³/mol. The van der Waals surface area contributed by atoms with Crippen molar-refractivity contribution in [3.63, 3.8) is 0 Å². The lowest BCUT2D eigenvalue weighted by molar-refractivity contribution is 0.0636. The molecular formula is C13H17ClN2O2S. The number of carbonyl (C=O) groups excluding carboxylic acids is 1. The van der Waals surface area contributed by atoms with E-state index in [0.717, 1.165) is 5.56 Å². The number of carbonyl (C=O) groups is 1. The molecular weight excluding hydrogens is 284 g/mol. The van der Waals surface area contributed by atoms with Gasteiger partial charge in [0.1, 0.15) is 5.60 Å². The SMILES string of the molecule is CC(C)(C)OC(=O)Nc1ccc(CC(N)=S)c(Cl)c1. The Labute approximate surface area is 123 Å². The molecule has 104 valence electrons. The number of hydrogen-bond donors (Lipinski definition) is 2. The van der Waals surface area contributed by atoms with Gasteiger partial charge >= 0.3 is 6.09 Å². The summed E-state index contributed by atoms with van der Waals surface area (Å²) in [6, 6.07) is 5.14. The first kappa shape index (κ1) is 15.7. The molecule has 0 unspecified atom stereocenters. The molecule has 6 heteroatoms. The van der Waals surface area contributed by atoms with Gasteiger partial charge in [-0.1, -0.05) is 29.9 Å². The summed E-state index contributed by atoms with van der Waals surface area (Å²) < 4.78 is 5.14. The number of hydrogen-bond acceptors (Lipinski definition) is 3. The quantitative estimate of drug-likeness (QED) is 0.838. The highest BCUT2D eigenvalue weighted by molar-refractivity contribution is 7.80. The molecule has 0 spiro atoms. The third-order valence-electron chi connectivity index (χ3n) is 2.06. The number of amides is 1. The number of anilines is 1. The number of nitrogens with two attached hydrogens (primary N) is 1. The minimum absolute atomic E-state index is 0.370. The normalized spacial score (nSPS) is 10.9. The van der Waals surface area contributed by atoms with Crippen LogP contribution in [0.5, 0.6) is 0 Å². The van der Waals surface area contributed by atoms with E-state index in [1.807, 2.05) is 0 Å². The van der Waals surface area contributed by atoms with E-state index in [1.165, 1.54) is 0 Å². The van der Waals surface area contributed by atoms with E-state index in [1.54, 1.807) is 39.0 Å². The first-order valence-electron chi connectivity index (χ1n) is 5.74. The standard InChI is InChI=1S/C13H17ClN2O2S/c1-13(2,3)18-12(17)16-9-5-4-8(6-11(15)19)10(14)7-9/h4-5,7H,6H2,1-3H3,(H2,15,19)(H,16,17). The molecule has 0 fully saturated rings. The van der Waals surface area contributed by atoms with Crippen molar-refractivity contribution in [3.05, 3.63) is 28.8 Å². The first-order valence-corrected chi connectivity index (χ1v) is 6.53. The molecule has 0 aliphatic rings. The molecule has 0 aliphatic carbocycles. The van der Waals surface area contributed by atoms with Crippen LogP contribution in [-0.2, 0) is 11.2 Å². The van der Waals surface area contributed by atoms with Gasteiger partial charge in [0.05, 0.1) is 4.99 Å². The predicted octanol–water partition coefficient (Wildman–Crippen LogP) is 3.52. The molecule has 0 saturated carbocycles. The highest BCUT2D eigenvalue weighted by Gasteiger charge is 2.16. The van der Waals surface area contributed by atoms with Crippen LogP contribution in [0, 0.1) is 0 Å². The molecule has 0 saturated heterocycles. The van der Waals surface area contributed by atoms with Crippen LogP contribution in [0.25, 0.3) is 0 Å². The van der Waals surface area contributed by atoms with Gasteiger partial charge in [-0.25, -0.2) is 4.79 Å². The zero-order valence-electron chi connectivity index (χ0n) is 11.1. The second-order valence-corrected chi connectivity index (χ2v) is 6.01. The van der Waals surface area contributed by atoms with Crippen LogP contribution in [0.1, 0.15) is 26.3 Å². The lowest BCUT2D eigenvalue weighted by Gasteiger charge is -2.19. The fraction of sp³-hybridized carbons (Fsp3) is 0.385. The molecule has 0 atom stereocenters. The van der Waals surface area contributed by atoms with Gasteiger partial charge in [-0.3, -0.25) is 5.32 Å². The number of halogens is 1. The lowest BCUT2D eigenvalue weighted by atomic mass is 10.1. The van der Waals surface area contributed by atoms with E-state index in [0.29, 0.717) is 22.1 Å². The fourth-order valence-corrected chi connectivity index (χ4v) is 1.78. The van der Waals surface area contributed by atoms with E-state index in [4.69, 9.17) is 34.3 Å². The Hall–Kier alpha value is -1.33. The summed E-state index contributed by atoms with van der Waals surface area (Å²) >= 11 is 10.9. The summed E-state index contributed by atoms with van der Waals surface area (Å²) in [6.07, 6.45) is -0.0911. The molecule has 1 aromatic rings. The van der Waals surface area contributed by atoms with Gasteiger partial charge in [0.2, 0.25) is 0 Å². The Balaban J connectivity index is 2.73. The summed E-state index contributed by atoms with van der Waals surface area (Å²) in [5.41, 5.74) is 6.31. The molecule has 1 amide bonds. The fourth-order valence-electron chi connectivity index (χ4n) is 1.38. The highest BCUT2D eigenvalue weighted by Crippen LogP contribution is 2.22. The van der Waals surface area contributed by atoms with Crippen molar-refractivity contribution in [2.24, 2.45) is 5.73 Å². The number of thiocarbonyl (C=S) groups is 1. The van der Waals surface area contributed by atoms with Crippen LogP contribution >= 0.6 is 23.8 Å². The zero-order valence-corrected chi connectivity index (χ0v) is 12.7. The molecule has 0 heterocycles. The summed E-state index contributed by atoms with van der Waals surface area (Å²) in [7, 11) is 0. The Morgan fingerprint density at radius 2 is 2.11 bits per heavy atom.